The summed E-state index contributed by atoms with van der Waals surface area (Å²) in [7, 11) is 1.66. The predicted molar refractivity (Wildman–Crippen MR) is 100 cm³/mol. The van der Waals surface area contributed by atoms with Crippen molar-refractivity contribution in [3.05, 3.63) is 47.2 Å². The summed E-state index contributed by atoms with van der Waals surface area (Å²) in [5.74, 6) is -0.104. The lowest BCUT2D eigenvalue weighted by molar-refractivity contribution is -0.116. The number of piperazine rings is 1. The van der Waals surface area contributed by atoms with Gasteiger partial charge in [-0.15, -0.1) is 0 Å². The second-order valence-electron chi connectivity index (χ2n) is 6.39. The predicted octanol–water partition coefficient (Wildman–Crippen LogP) is 2.31. The molecule has 1 saturated heterocycles. The van der Waals surface area contributed by atoms with Gasteiger partial charge in [-0.05, 0) is 17.7 Å². The van der Waals surface area contributed by atoms with Gasteiger partial charge < -0.3 is 9.80 Å². The first-order chi connectivity index (χ1) is 12.4. The number of anilines is 1. The molecule has 0 atom stereocenters. The van der Waals surface area contributed by atoms with Crippen molar-refractivity contribution in [2.45, 2.75) is 13.5 Å². The van der Waals surface area contributed by atoms with Gasteiger partial charge in [0.25, 0.3) is 0 Å². The lowest BCUT2D eigenvalue weighted by Crippen LogP contribution is -2.49. The van der Waals surface area contributed by atoms with Crippen LogP contribution in [0.1, 0.15) is 12.5 Å². The number of benzene rings is 1. The average Bonchev–Trinajstić information content (AvgIpc) is 3.13. The first kappa shape index (κ1) is 18.4. The van der Waals surface area contributed by atoms with Crippen LogP contribution in [-0.4, -0.2) is 64.7 Å². The Kier molecular flexibility index (Phi) is 5.58. The van der Waals surface area contributed by atoms with Crippen LogP contribution in [-0.2, 0) is 11.3 Å². The molecule has 7 nitrogen and oxygen atoms in total. The number of amides is 2. The average molecular weight is 376 g/mol. The molecule has 1 fully saturated rings. The number of hydrogen-bond acceptors (Lipinski definition) is 4. The number of carbonyl (C=O) groups is 2. The summed E-state index contributed by atoms with van der Waals surface area (Å²) < 4.78 is 1.30. The molecule has 0 bridgehead atoms. The number of hydrogen-bond donors (Lipinski definition) is 0. The van der Waals surface area contributed by atoms with E-state index in [1.165, 1.54) is 28.3 Å². The van der Waals surface area contributed by atoms with Crippen LogP contribution >= 0.6 is 11.6 Å². The third kappa shape index (κ3) is 4.23. The molecule has 0 radical (unpaired) electrons. The van der Waals surface area contributed by atoms with E-state index >= 15 is 0 Å². The van der Waals surface area contributed by atoms with Crippen LogP contribution in [0.3, 0.4) is 0 Å². The third-order valence-electron chi connectivity index (χ3n) is 4.59. The van der Waals surface area contributed by atoms with Crippen molar-refractivity contribution in [2.24, 2.45) is 0 Å². The molecule has 0 spiro atoms. The maximum absolute atomic E-state index is 12.6. The highest BCUT2D eigenvalue weighted by Gasteiger charge is 2.23. The number of carbonyl (C=O) groups excluding carboxylic acids is 2. The van der Waals surface area contributed by atoms with Gasteiger partial charge in [-0.3, -0.25) is 9.69 Å². The molecule has 1 aliphatic heterocycles. The maximum atomic E-state index is 12.6. The van der Waals surface area contributed by atoms with E-state index in [0.717, 1.165) is 24.7 Å². The SMILES string of the molecule is CC(=O)N(C)c1cnn(C(=O)N2CCN(Cc3ccc(Cl)cc3)CC2)c1. The van der Waals surface area contributed by atoms with Crippen LogP contribution in [0.25, 0.3) is 0 Å². The lowest BCUT2D eigenvalue weighted by Gasteiger charge is -2.34. The highest BCUT2D eigenvalue weighted by Crippen LogP contribution is 2.15. The molecule has 1 aliphatic rings. The summed E-state index contributed by atoms with van der Waals surface area (Å²) in [6.45, 7) is 5.20. The van der Waals surface area contributed by atoms with E-state index in [0.29, 0.717) is 18.8 Å². The zero-order chi connectivity index (χ0) is 18.7. The minimum Gasteiger partial charge on any atom is -0.320 e. The zero-order valence-electron chi connectivity index (χ0n) is 14.9. The van der Waals surface area contributed by atoms with Crippen LogP contribution < -0.4 is 4.90 Å². The van der Waals surface area contributed by atoms with E-state index in [-0.39, 0.29) is 11.9 Å². The van der Waals surface area contributed by atoms with Crippen molar-refractivity contribution in [3.8, 4) is 0 Å². The molecule has 138 valence electrons. The first-order valence-electron chi connectivity index (χ1n) is 8.49. The Morgan fingerprint density at radius 2 is 1.81 bits per heavy atom. The smallest absolute Gasteiger partial charge is 0.320 e. The van der Waals surface area contributed by atoms with Crippen LogP contribution in [0, 0.1) is 0 Å². The van der Waals surface area contributed by atoms with Crippen LogP contribution in [0.15, 0.2) is 36.7 Å². The van der Waals surface area contributed by atoms with E-state index in [2.05, 4.69) is 10.00 Å². The molecule has 0 saturated carbocycles. The molecule has 0 N–H and O–H groups in total. The van der Waals surface area contributed by atoms with Crippen molar-refractivity contribution >= 4 is 29.2 Å². The molecular formula is C18H22ClN5O2. The second kappa shape index (κ2) is 7.88. The van der Waals surface area contributed by atoms with E-state index < -0.39 is 0 Å². The first-order valence-corrected chi connectivity index (χ1v) is 8.87. The van der Waals surface area contributed by atoms with E-state index in [1.807, 2.05) is 24.3 Å². The Morgan fingerprint density at radius 1 is 1.15 bits per heavy atom. The molecule has 1 aromatic carbocycles. The highest BCUT2D eigenvalue weighted by molar-refractivity contribution is 6.30. The minimum atomic E-state index is -0.167. The van der Waals surface area contributed by atoms with Crippen molar-refractivity contribution in [1.29, 1.82) is 0 Å². The molecule has 1 aromatic heterocycles. The summed E-state index contributed by atoms with van der Waals surface area (Å²) in [6, 6.07) is 7.67. The maximum Gasteiger partial charge on any atom is 0.344 e. The minimum absolute atomic E-state index is 0.104. The molecule has 2 heterocycles. The fraction of sp³-hybridized carbons (Fsp3) is 0.389. The summed E-state index contributed by atoms with van der Waals surface area (Å²) >= 11 is 5.92. The van der Waals surface area contributed by atoms with Gasteiger partial charge in [-0.1, -0.05) is 23.7 Å². The van der Waals surface area contributed by atoms with Crippen LogP contribution in [0.4, 0.5) is 10.5 Å². The monoisotopic (exact) mass is 375 g/mol. The summed E-state index contributed by atoms with van der Waals surface area (Å²) in [6.07, 6.45) is 3.11. The normalized spacial score (nSPS) is 15.1. The van der Waals surface area contributed by atoms with Gasteiger partial charge in [0.1, 0.15) is 0 Å². The Hall–Kier alpha value is -2.38. The van der Waals surface area contributed by atoms with Gasteiger partial charge in [-0.25, -0.2) is 4.79 Å². The molecule has 2 amide bonds. The van der Waals surface area contributed by atoms with Crippen molar-refractivity contribution in [3.63, 3.8) is 0 Å². The molecule has 26 heavy (non-hydrogen) atoms. The Morgan fingerprint density at radius 3 is 2.42 bits per heavy atom. The second-order valence-corrected chi connectivity index (χ2v) is 6.83. The van der Waals surface area contributed by atoms with Gasteiger partial charge in [-0.2, -0.15) is 9.78 Å². The van der Waals surface area contributed by atoms with Crippen molar-refractivity contribution < 1.29 is 9.59 Å². The number of halogens is 1. The van der Waals surface area contributed by atoms with E-state index in [9.17, 15) is 9.59 Å². The third-order valence-corrected chi connectivity index (χ3v) is 4.84. The van der Waals surface area contributed by atoms with Crippen LogP contribution in [0.5, 0.6) is 0 Å². The highest BCUT2D eigenvalue weighted by atomic mass is 35.5. The molecule has 0 aliphatic carbocycles. The van der Waals surface area contributed by atoms with Crippen LogP contribution in [0.2, 0.25) is 5.02 Å². The molecule has 8 heteroatoms. The number of rotatable bonds is 3. The fourth-order valence-electron chi connectivity index (χ4n) is 2.86. The quantitative estimate of drug-likeness (QED) is 0.825. The number of aromatic nitrogens is 2. The largest absolute Gasteiger partial charge is 0.344 e. The topological polar surface area (TPSA) is 61.7 Å². The number of nitrogens with zero attached hydrogens (tertiary/aromatic N) is 5. The van der Waals surface area contributed by atoms with E-state index in [4.69, 9.17) is 11.6 Å². The standard InChI is InChI=1S/C18H22ClN5O2/c1-14(25)21(2)17-11-20-24(13-17)18(26)23-9-7-22(8-10-23)12-15-3-5-16(19)6-4-15/h3-6,11,13H,7-10,12H2,1-2H3. The van der Waals surface area contributed by atoms with Gasteiger partial charge in [0.05, 0.1) is 18.1 Å². The molecule has 2 aromatic rings. The lowest BCUT2D eigenvalue weighted by atomic mass is 10.2. The Bertz CT molecular complexity index is 781. The fourth-order valence-corrected chi connectivity index (χ4v) is 2.99. The molecular weight excluding hydrogens is 354 g/mol. The summed E-state index contributed by atoms with van der Waals surface area (Å²) in [5.41, 5.74) is 1.81. The van der Waals surface area contributed by atoms with Gasteiger partial charge in [0.15, 0.2) is 0 Å². The van der Waals surface area contributed by atoms with Crippen molar-refractivity contribution in [1.82, 2.24) is 19.6 Å². The van der Waals surface area contributed by atoms with E-state index in [1.54, 1.807) is 18.1 Å². The summed E-state index contributed by atoms with van der Waals surface area (Å²) in [4.78, 5) is 29.6. The zero-order valence-corrected chi connectivity index (χ0v) is 15.7. The molecule has 3 rings (SSSR count). The van der Waals surface area contributed by atoms with Crippen molar-refractivity contribution in [2.75, 3.05) is 38.1 Å². The Labute approximate surface area is 157 Å². The van der Waals surface area contributed by atoms with Gasteiger partial charge in [0.2, 0.25) is 5.91 Å². The summed E-state index contributed by atoms with van der Waals surface area (Å²) in [5, 5.41) is 4.83. The molecule has 0 unspecified atom stereocenters. The van der Waals surface area contributed by atoms with Gasteiger partial charge in [0, 0.05) is 51.7 Å². The Balaban J connectivity index is 1.55. The van der Waals surface area contributed by atoms with Gasteiger partial charge >= 0.3 is 6.03 Å².